The Hall–Kier alpha value is -2.43. The van der Waals surface area contributed by atoms with E-state index in [0.717, 1.165) is 23.1 Å². The van der Waals surface area contributed by atoms with Crippen molar-refractivity contribution in [1.29, 1.82) is 0 Å². The van der Waals surface area contributed by atoms with Crippen molar-refractivity contribution in [2.75, 3.05) is 10.6 Å². The molecule has 2 saturated carbocycles. The molecular formula is C23H27F2N5O2S. The Morgan fingerprint density at radius 1 is 1.15 bits per heavy atom. The summed E-state index contributed by atoms with van der Waals surface area (Å²) in [6.07, 6.45) is -2.05. The van der Waals surface area contributed by atoms with Crippen LogP contribution in [0.25, 0.3) is 20.8 Å². The first kappa shape index (κ1) is 22.4. The van der Waals surface area contributed by atoms with Crippen LogP contribution in [-0.4, -0.2) is 49.5 Å². The SMILES string of the molecule is Cc1nc(N[C@H](C)C2CC2)nc(N[C@]2(O)CC[C@H](C(F)F)[C@H]2O)c1-c1nc2ccccc2s1. The maximum atomic E-state index is 13.3. The average Bonchev–Trinajstić information content (AvgIpc) is 3.46. The Morgan fingerprint density at radius 3 is 2.58 bits per heavy atom. The summed E-state index contributed by atoms with van der Waals surface area (Å²) in [5.41, 5.74) is 0.123. The number of nitrogens with one attached hydrogen (secondary N) is 2. The number of hydrogen-bond donors (Lipinski definition) is 4. The summed E-state index contributed by atoms with van der Waals surface area (Å²) < 4.78 is 27.7. The molecule has 0 bridgehead atoms. The van der Waals surface area contributed by atoms with Crippen molar-refractivity contribution in [2.24, 2.45) is 11.8 Å². The predicted octanol–water partition coefficient (Wildman–Crippen LogP) is 4.41. The first-order chi connectivity index (χ1) is 15.7. The first-order valence-corrected chi connectivity index (χ1v) is 12.0. The van der Waals surface area contributed by atoms with Gasteiger partial charge in [-0.1, -0.05) is 12.1 Å². The number of thiazole rings is 1. The highest BCUT2D eigenvalue weighted by Crippen LogP contribution is 2.42. The van der Waals surface area contributed by atoms with Crippen molar-refractivity contribution < 1.29 is 19.0 Å². The molecule has 4 atom stereocenters. The molecule has 2 heterocycles. The molecule has 5 rings (SSSR count). The zero-order valence-electron chi connectivity index (χ0n) is 18.4. The highest BCUT2D eigenvalue weighted by Gasteiger charge is 2.50. The van der Waals surface area contributed by atoms with E-state index in [2.05, 4.69) is 27.5 Å². The fourth-order valence-electron chi connectivity index (χ4n) is 4.53. The number of anilines is 2. The van der Waals surface area contributed by atoms with Gasteiger partial charge >= 0.3 is 0 Å². The van der Waals surface area contributed by atoms with Crippen LogP contribution in [0.15, 0.2) is 24.3 Å². The zero-order valence-corrected chi connectivity index (χ0v) is 19.2. The lowest BCUT2D eigenvalue weighted by Gasteiger charge is -2.31. The largest absolute Gasteiger partial charge is 0.388 e. The summed E-state index contributed by atoms with van der Waals surface area (Å²) >= 11 is 1.46. The number of rotatable bonds is 7. The lowest BCUT2D eigenvalue weighted by Crippen LogP contribution is -2.48. The lowest BCUT2D eigenvalue weighted by molar-refractivity contribution is -0.0763. The monoisotopic (exact) mass is 475 g/mol. The summed E-state index contributed by atoms with van der Waals surface area (Å²) in [6, 6.07) is 7.90. The van der Waals surface area contributed by atoms with E-state index in [1.165, 1.54) is 11.3 Å². The van der Waals surface area contributed by atoms with E-state index in [1.54, 1.807) is 0 Å². The minimum atomic E-state index is -2.72. The van der Waals surface area contributed by atoms with Crippen molar-refractivity contribution in [3.8, 4) is 10.6 Å². The van der Waals surface area contributed by atoms with Gasteiger partial charge in [0.05, 0.1) is 27.4 Å². The second kappa shape index (κ2) is 8.41. The van der Waals surface area contributed by atoms with Crippen LogP contribution in [0.3, 0.4) is 0 Å². The number of fused-ring (bicyclic) bond motifs is 1. The summed E-state index contributed by atoms with van der Waals surface area (Å²) in [5, 5.41) is 28.5. The zero-order chi connectivity index (χ0) is 23.3. The molecule has 4 N–H and O–H groups in total. The Kier molecular flexibility index (Phi) is 5.70. The number of aliphatic hydroxyl groups excluding tert-OH is 1. The van der Waals surface area contributed by atoms with Crippen LogP contribution in [0.4, 0.5) is 20.5 Å². The van der Waals surface area contributed by atoms with E-state index in [4.69, 9.17) is 4.98 Å². The van der Waals surface area contributed by atoms with Crippen LogP contribution in [0.5, 0.6) is 0 Å². The number of halogens is 2. The van der Waals surface area contributed by atoms with Crippen LogP contribution in [0.2, 0.25) is 0 Å². The van der Waals surface area contributed by atoms with Crippen molar-refractivity contribution in [1.82, 2.24) is 15.0 Å². The molecule has 33 heavy (non-hydrogen) atoms. The molecule has 2 fully saturated rings. The van der Waals surface area contributed by atoms with E-state index >= 15 is 0 Å². The van der Waals surface area contributed by atoms with Crippen molar-refractivity contribution in [2.45, 2.75) is 63.8 Å². The second-order valence-corrected chi connectivity index (χ2v) is 10.2. The van der Waals surface area contributed by atoms with E-state index in [9.17, 15) is 19.0 Å². The third kappa shape index (κ3) is 4.27. The third-order valence-corrected chi connectivity index (χ3v) is 7.75. The van der Waals surface area contributed by atoms with Crippen LogP contribution < -0.4 is 10.6 Å². The van der Waals surface area contributed by atoms with Crippen LogP contribution in [-0.2, 0) is 0 Å². The molecule has 2 aliphatic carbocycles. The highest BCUT2D eigenvalue weighted by atomic mass is 32.1. The predicted molar refractivity (Wildman–Crippen MR) is 124 cm³/mol. The molecule has 0 aliphatic heterocycles. The minimum Gasteiger partial charge on any atom is -0.388 e. The van der Waals surface area contributed by atoms with Gasteiger partial charge in [0.2, 0.25) is 12.4 Å². The summed E-state index contributed by atoms with van der Waals surface area (Å²) in [4.78, 5) is 14.0. The number of para-hydroxylation sites is 1. The molecule has 0 radical (unpaired) electrons. The minimum absolute atomic E-state index is 0.00664. The van der Waals surface area contributed by atoms with Gasteiger partial charge in [0, 0.05) is 6.04 Å². The molecule has 2 aromatic heterocycles. The van der Waals surface area contributed by atoms with Gasteiger partial charge in [0.1, 0.15) is 16.9 Å². The molecule has 0 amide bonds. The normalized spacial score (nSPS) is 26.2. The van der Waals surface area contributed by atoms with Gasteiger partial charge in [-0.2, -0.15) is 4.98 Å². The van der Waals surface area contributed by atoms with Crippen molar-refractivity contribution in [3.63, 3.8) is 0 Å². The second-order valence-electron chi connectivity index (χ2n) is 9.14. The Morgan fingerprint density at radius 2 is 1.91 bits per heavy atom. The molecular weight excluding hydrogens is 448 g/mol. The van der Waals surface area contributed by atoms with Gasteiger partial charge in [0.15, 0.2) is 5.72 Å². The Bertz CT molecular complexity index is 1140. The molecule has 0 saturated heterocycles. The summed E-state index contributed by atoms with van der Waals surface area (Å²) in [6.45, 7) is 3.91. The number of aliphatic hydroxyl groups is 2. The molecule has 176 valence electrons. The Balaban J connectivity index is 1.56. The molecule has 10 heteroatoms. The maximum absolute atomic E-state index is 13.3. The number of aryl methyl sites for hydroxylation is 1. The number of nitrogens with zero attached hydrogens (tertiary/aromatic N) is 3. The number of benzene rings is 1. The quantitative estimate of drug-likeness (QED) is 0.375. The number of aromatic nitrogens is 3. The van der Waals surface area contributed by atoms with E-state index in [-0.39, 0.29) is 24.7 Å². The lowest BCUT2D eigenvalue weighted by atomic mass is 10.0. The van der Waals surface area contributed by atoms with E-state index in [1.807, 2.05) is 31.2 Å². The molecule has 1 aromatic carbocycles. The van der Waals surface area contributed by atoms with Gasteiger partial charge in [-0.15, -0.1) is 11.3 Å². The van der Waals surface area contributed by atoms with Gasteiger partial charge in [0.25, 0.3) is 0 Å². The average molecular weight is 476 g/mol. The van der Waals surface area contributed by atoms with Gasteiger partial charge in [-0.25, -0.2) is 18.7 Å². The van der Waals surface area contributed by atoms with Gasteiger partial charge in [-0.05, 0) is 57.6 Å². The van der Waals surface area contributed by atoms with E-state index in [0.29, 0.717) is 28.1 Å². The summed E-state index contributed by atoms with van der Waals surface area (Å²) in [5.74, 6) is -0.0741. The first-order valence-electron chi connectivity index (χ1n) is 11.2. The van der Waals surface area contributed by atoms with Crippen molar-refractivity contribution >= 4 is 33.3 Å². The molecule has 0 unspecified atom stereocenters. The highest BCUT2D eigenvalue weighted by molar-refractivity contribution is 7.21. The number of hydrogen-bond acceptors (Lipinski definition) is 8. The maximum Gasteiger partial charge on any atom is 0.244 e. The number of alkyl halides is 2. The molecule has 2 aliphatic rings. The molecule has 3 aromatic rings. The fraction of sp³-hybridized carbons (Fsp3) is 0.522. The van der Waals surface area contributed by atoms with Crippen LogP contribution in [0, 0.1) is 18.8 Å². The molecule has 7 nitrogen and oxygen atoms in total. The fourth-order valence-corrected chi connectivity index (χ4v) is 5.60. The van der Waals surface area contributed by atoms with E-state index < -0.39 is 24.2 Å². The molecule has 0 spiro atoms. The smallest absolute Gasteiger partial charge is 0.244 e. The third-order valence-electron chi connectivity index (χ3n) is 6.70. The van der Waals surface area contributed by atoms with Crippen molar-refractivity contribution in [3.05, 3.63) is 30.0 Å². The van der Waals surface area contributed by atoms with Gasteiger partial charge in [-0.3, -0.25) is 0 Å². The van der Waals surface area contributed by atoms with Crippen LogP contribution >= 0.6 is 11.3 Å². The summed E-state index contributed by atoms with van der Waals surface area (Å²) in [7, 11) is 0. The Labute approximate surface area is 194 Å². The topological polar surface area (TPSA) is 103 Å². The standard InChI is InChI=1S/C23H27F2N5O2S/c1-11(13-7-8-13)26-22-27-12(2)17(21-28-15-5-3-4-6-16(15)33-21)20(29-22)30-23(32)10-9-14(18(23)31)19(24)25/h3-6,11,13-14,18-19,31-32H,7-10H2,1-2H3,(H2,26,27,29,30)/t11-,14+,18-,23+/m1/s1. The van der Waals surface area contributed by atoms with Crippen LogP contribution in [0.1, 0.15) is 38.3 Å². The van der Waals surface area contributed by atoms with Gasteiger partial charge < -0.3 is 20.8 Å².